The predicted molar refractivity (Wildman–Crippen MR) is 280 cm³/mol. The highest BCUT2D eigenvalue weighted by Crippen LogP contribution is 2.26. The molecule has 6 atom stereocenters. The average molecular weight is 993 g/mol. The van der Waals surface area contributed by atoms with E-state index in [1.165, 1.54) is 83.5 Å². The van der Waals surface area contributed by atoms with E-state index in [9.17, 15) is 33.1 Å². The summed E-state index contributed by atoms with van der Waals surface area (Å²) in [5, 5.41) is 30.8. The van der Waals surface area contributed by atoms with Gasteiger partial charge in [0.2, 0.25) is 0 Å². The summed E-state index contributed by atoms with van der Waals surface area (Å²) in [4.78, 5) is 12.9. The molecule has 0 aliphatic carbocycles. The highest BCUT2D eigenvalue weighted by Gasteiger charge is 2.48. The zero-order valence-corrected chi connectivity index (χ0v) is 43.7. The molecule has 0 saturated carbocycles. The van der Waals surface area contributed by atoms with Crippen molar-refractivity contribution in [1.82, 2.24) is 0 Å². The lowest BCUT2D eigenvalue weighted by Gasteiger charge is -2.41. The minimum absolute atomic E-state index is 0.0223. The second kappa shape index (κ2) is 46.4. The number of carbonyl (C=O) groups is 1. The van der Waals surface area contributed by atoms with Crippen molar-refractivity contribution >= 4 is 16.4 Å². The molecular weight excluding hydrogens is 897 g/mol. The molecule has 0 aromatic rings. The van der Waals surface area contributed by atoms with Crippen molar-refractivity contribution in [2.45, 2.75) is 237 Å². The van der Waals surface area contributed by atoms with Crippen LogP contribution < -0.4 is 0 Å². The highest BCUT2D eigenvalue weighted by molar-refractivity contribution is 7.80. The number of aliphatic hydroxyl groups excluding tert-OH is 3. The van der Waals surface area contributed by atoms with E-state index >= 15 is 0 Å². The lowest BCUT2D eigenvalue weighted by atomic mass is 9.99. The first-order valence-electron chi connectivity index (χ1n) is 26.8. The largest absolute Gasteiger partial charge is 0.457 e. The molecule has 0 amide bonds. The summed E-state index contributed by atoms with van der Waals surface area (Å²) in [6.45, 7) is 3.83. The molecule has 1 heterocycles. The third kappa shape index (κ3) is 39.6. The Balaban J connectivity index is 2.35. The van der Waals surface area contributed by atoms with Crippen LogP contribution in [0.4, 0.5) is 0 Å². The molecule has 0 spiro atoms. The average Bonchev–Trinajstić information content (AvgIpc) is 3.32. The van der Waals surface area contributed by atoms with Crippen LogP contribution in [0, 0.1) is 0 Å². The molecule has 4 N–H and O–H groups in total. The maximum atomic E-state index is 12.9. The van der Waals surface area contributed by atoms with Gasteiger partial charge in [-0.2, -0.15) is 8.42 Å². The predicted octanol–water partition coefficient (Wildman–Crippen LogP) is 12.8. The summed E-state index contributed by atoms with van der Waals surface area (Å²) in [5.41, 5.74) is 0. The topological polar surface area (TPSA) is 178 Å². The van der Waals surface area contributed by atoms with Crippen LogP contribution in [-0.2, 0) is 38.3 Å². The molecule has 6 unspecified atom stereocenters. The molecule has 13 heteroatoms. The molecule has 1 aliphatic heterocycles. The Kier molecular flexibility index (Phi) is 43.2. The summed E-state index contributed by atoms with van der Waals surface area (Å²) < 4.78 is 59.3. The smallest absolute Gasteiger partial charge is 0.397 e. The first-order chi connectivity index (χ1) is 33.6. The molecule has 0 aromatic heterocycles. The Morgan fingerprint density at radius 3 is 1.46 bits per heavy atom. The molecule has 1 aliphatic rings. The third-order valence-electron chi connectivity index (χ3n) is 11.8. The Morgan fingerprint density at radius 1 is 0.565 bits per heavy atom. The van der Waals surface area contributed by atoms with Gasteiger partial charge in [0.1, 0.15) is 30.5 Å². The van der Waals surface area contributed by atoms with E-state index in [2.05, 4.69) is 103 Å². The van der Waals surface area contributed by atoms with E-state index in [0.717, 1.165) is 89.9 Å². The Hall–Kier alpha value is -2.72. The van der Waals surface area contributed by atoms with Crippen molar-refractivity contribution in [3.8, 4) is 0 Å². The number of carbonyl (C=O) groups excluding carboxylic acids is 1. The molecule has 1 saturated heterocycles. The summed E-state index contributed by atoms with van der Waals surface area (Å²) in [7, 11) is -5.07. The van der Waals surface area contributed by atoms with Gasteiger partial charge >= 0.3 is 16.4 Å². The number of ether oxygens (including phenoxy) is 4. The lowest BCUT2D eigenvalue weighted by molar-refractivity contribution is -0.301. The number of hydrogen-bond donors (Lipinski definition) is 4. The van der Waals surface area contributed by atoms with Crippen molar-refractivity contribution in [3.05, 3.63) is 85.1 Å². The van der Waals surface area contributed by atoms with Gasteiger partial charge in [0.15, 0.2) is 6.29 Å². The SMILES string of the molecule is CC/C=C\C/C=C\C/C=C\C/C=C\C/C=C\CCCCCCCCCCOCC(COC1OC(CO)C(O)C(OS(=O)(=O)O)C1O)OC(=O)CCCCCCCCC/C=C\C/C=C\CCCCCC. The van der Waals surface area contributed by atoms with Gasteiger partial charge in [-0.3, -0.25) is 9.35 Å². The molecule has 0 radical (unpaired) electrons. The molecule has 0 aromatic carbocycles. The van der Waals surface area contributed by atoms with E-state index in [-0.39, 0.29) is 19.6 Å². The first kappa shape index (κ1) is 64.3. The maximum Gasteiger partial charge on any atom is 0.397 e. The first-order valence-corrected chi connectivity index (χ1v) is 28.2. The summed E-state index contributed by atoms with van der Waals surface area (Å²) in [5.74, 6) is -0.412. The zero-order valence-electron chi connectivity index (χ0n) is 42.8. The summed E-state index contributed by atoms with van der Waals surface area (Å²) >= 11 is 0. The van der Waals surface area contributed by atoms with Crippen LogP contribution in [0.25, 0.3) is 0 Å². The van der Waals surface area contributed by atoms with Gasteiger partial charge < -0.3 is 34.3 Å². The minimum Gasteiger partial charge on any atom is -0.457 e. The van der Waals surface area contributed by atoms with Gasteiger partial charge in [0.05, 0.1) is 19.8 Å². The third-order valence-corrected chi connectivity index (χ3v) is 12.2. The normalized spacial score (nSPS) is 19.9. The summed E-state index contributed by atoms with van der Waals surface area (Å²) in [6, 6.07) is 0. The van der Waals surface area contributed by atoms with Crippen molar-refractivity contribution in [2.75, 3.05) is 26.4 Å². The monoisotopic (exact) mass is 993 g/mol. The minimum atomic E-state index is -5.07. The Morgan fingerprint density at radius 2 is 1.00 bits per heavy atom. The highest BCUT2D eigenvalue weighted by atomic mass is 32.3. The van der Waals surface area contributed by atoms with Crippen LogP contribution in [0.1, 0.15) is 200 Å². The van der Waals surface area contributed by atoms with E-state index in [0.29, 0.717) is 13.0 Å². The van der Waals surface area contributed by atoms with Gasteiger partial charge in [0.25, 0.3) is 0 Å². The van der Waals surface area contributed by atoms with Crippen molar-refractivity contribution < 1.29 is 56.2 Å². The van der Waals surface area contributed by atoms with Crippen LogP contribution in [0.2, 0.25) is 0 Å². The van der Waals surface area contributed by atoms with E-state index in [1.54, 1.807) is 0 Å². The standard InChI is InChI=1S/C56H96O12S/c1-3-5-7-9-11-13-15-17-19-21-23-24-25-26-27-28-30-32-34-36-38-40-42-44-46-64-48-50(49-65-56-54(60)55(68-69(61,62)63)53(59)51(47-57)67-56)66-52(58)45-43-41-39-37-35-33-31-29-22-20-18-16-14-12-10-8-6-4-2/h5,7,11,13-14,16-17,19-20,22-24,26-27,50-51,53-57,59-60H,3-4,6,8-10,12,15,18,21,25,28-49H2,1-2H3,(H,61,62,63)/b7-5-,13-11-,16-14-,19-17-,22-20-,24-23-,27-26-. The quantitative estimate of drug-likeness (QED) is 0.0197. The number of aliphatic hydroxyl groups is 3. The van der Waals surface area contributed by atoms with E-state index in [4.69, 9.17) is 18.9 Å². The van der Waals surface area contributed by atoms with E-state index < -0.39 is 59.8 Å². The van der Waals surface area contributed by atoms with Gasteiger partial charge in [-0.1, -0.05) is 189 Å². The van der Waals surface area contributed by atoms with Gasteiger partial charge in [-0.25, -0.2) is 4.18 Å². The molecular formula is C56H96O12S. The molecule has 0 bridgehead atoms. The van der Waals surface area contributed by atoms with Crippen LogP contribution >= 0.6 is 0 Å². The second-order valence-corrected chi connectivity index (χ2v) is 19.1. The number of hydrogen-bond acceptors (Lipinski definition) is 11. The molecule has 12 nitrogen and oxygen atoms in total. The number of allylic oxidation sites excluding steroid dienone is 14. The Labute approximate surface area is 419 Å². The Bertz CT molecular complexity index is 1520. The number of unbranched alkanes of at least 4 members (excludes halogenated alkanes) is 19. The molecule has 398 valence electrons. The van der Waals surface area contributed by atoms with Gasteiger partial charge in [-0.05, 0) is 89.9 Å². The summed E-state index contributed by atoms with van der Waals surface area (Å²) in [6.07, 6.45) is 53.2. The van der Waals surface area contributed by atoms with Crippen molar-refractivity contribution in [3.63, 3.8) is 0 Å². The van der Waals surface area contributed by atoms with Gasteiger partial charge in [-0.15, -0.1) is 0 Å². The molecule has 1 rings (SSSR count). The van der Waals surface area contributed by atoms with Crippen LogP contribution in [-0.4, -0.2) is 97.5 Å². The fourth-order valence-electron chi connectivity index (χ4n) is 7.73. The van der Waals surface area contributed by atoms with E-state index in [1.807, 2.05) is 0 Å². The van der Waals surface area contributed by atoms with Crippen LogP contribution in [0.5, 0.6) is 0 Å². The molecule has 1 fully saturated rings. The molecule has 69 heavy (non-hydrogen) atoms. The zero-order chi connectivity index (χ0) is 50.3. The fourth-order valence-corrected chi connectivity index (χ4v) is 8.24. The number of rotatable bonds is 46. The van der Waals surface area contributed by atoms with Crippen molar-refractivity contribution in [1.29, 1.82) is 0 Å². The fraction of sp³-hybridized carbons (Fsp3) is 0.732. The van der Waals surface area contributed by atoms with Gasteiger partial charge in [0, 0.05) is 13.0 Å². The van der Waals surface area contributed by atoms with Crippen molar-refractivity contribution in [2.24, 2.45) is 0 Å². The lowest BCUT2D eigenvalue weighted by Crippen LogP contribution is -2.60. The van der Waals surface area contributed by atoms with Crippen LogP contribution in [0.15, 0.2) is 85.1 Å². The maximum absolute atomic E-state index is 12.9. The second-order valence-electron chi connectivity index (χ2n) is 18.1. The van der Waals surface area contributed by atoms with Crippen LogP contribution in [0.3, 0.4) is 0 Å². The number of esters is 1.